The molecule has 2 aromatic heterocycles. The third kappa shape index (κ3) is 3.34. The summed E-state index contributed by atoms with van der Waals surface area (Å²) in [5.74, 6) is -1.27. The lowest BCUT2D eigenvalue weighted by molar-refractivity contribution is -0.144. The highest BCUT2D eigenvalue weighted by Gasteiger charge is 2.18. The molecule has 0 unspecified atom stereocenters. The number of amides is 1. The Kier molecular flexibility index (Phi) is 4.70. The van der Waals surface area contributed by atoms with Crippen LogP contribution in [0.1, 0.15) is 5.69 Å². The highest BCUT2D eigenvalue weighted by atomic mass is 32.1. The number of carboxylic acids is 1. The van der Waals surface area contributed by atoms with Crippen molar-refractivity contribution in [3.05, 3.63) is 23.5 Å². The largest absolute Gasteiger partial charge is 0.480 e. The van der Waals surface area contributed by atoms with Crippen LogP contribution in [-0.2, 0) is 20.7 Å². The quantitative estimate of drug-likeness (QED) is 0.804. The molecule has 0 saturated carbocycles. The molecular formula is C12H15N3O4S. The number of methoxy groups -OCH3 is 1. The predicted molar refractivity (Wildman–Crippen MR) is 72.9 cm³/mol. The first-order chi connectivity index (χ1) is 9.61. The first-order valence-electron chi connectivity index (χ1n) is 5.99. The number of fused-ring (bicyclic) bond motifs is 1. The van der Waals surface area contributed by atoms with Crippen molar-refractivity contribution in [2.24, 2.45) is 0 Å². The Morgan fingerprint density at radius 1 is 1.55 bits per heavy atom. The number of aliphatic carboxylic acids is 1. The van der Waals surface area contributed by atoms with Gasteiger partial charge in [-0.3, -0.25) is 14.0 Å². The van der Waals surface area contributed by atoms with Crippen LogP contribution in [0.25, 0.3) is 4.96 Å². The lowest BCUT2D eigenvalue weighted by Crippen LogP contribution is -2.39. The van der Waals surface area contributed by atoms with Gasteiger partial charge >= 0.3 is 5.97 Å². The van der Waals surface area contributed by atoms with E-state index in [4.69, 9.17) is 9.84 Å². The molecule has 0 aliphatic heterocycles. The molecule has 2 aromatic rings. The van der Waals surface area contributed by atoms with Crippen LogP contribution in [0.4, 0.5) is 0 Å². The van der Waals surface area contributed by atoms with E-state index in [-0.39, 0.29) is 25.4 Å². The van der Waals surface area contributed by atoms with Crippen molar-refractivity contribution in [1.82, 2.24) is 14.3 Å². The number of carbonyl (C=O) groups excluding carboxylic acids is 1. The third-order valence-electron chi connectivity index (χ3n) is 2.79. The van der Waals surface area contributed by atoms with Crippen molar-refractivity contribution in [2.75, 3.05) is 26.8 Å². The van der Waals surface area contributed by atoms with Crippen LogP contribution < -0.4 is 0 Å². The van der Waals surface area contributed by atoms with Gasteiger partial charge in [0, 0.05) is 37.1 Å². The smallest absolute Gasteiger partial charge is 0.323 e. The Morgan fingerprint density at radius 2 is 2.35 bits per heavy atom. The molecular weight excluding hydrogens is 282 g/mol. The molecule has 2 heterocycles. The maximum Gasteiger partial charge on any atom is 0.323 e. The Bertz CT molecular complexity index is 607. The molecule has 0 aromatic carbocycles. The highest BCUT2D eigenvalue weighted by Crippen LogP contribution is 2.15. The number of hydrogen-bond acceptors (Lipinski definition) is 5. The monoisotopic (exact) mass is 297 g/mol. The van der Waals surface area contributed by atoms with Gasteiger partial charge < -0.3 is 14.7 Å². The third-order valence-corrected chi connectivity index (χ3v) is 3.70. The molecule has 1 N–H and O–H groups in total. The summed E-state index contributed by atoms with van der Waals surface area (Å²) < 4.78 is 6.73. The summed E-state index contributed by atoms with van der Waals surface area (Å²) in [6.45, 7) is 0.251. The number of imidazole rings is 1. The molecule has 0 atom stereocenters. The minimum Gasteiger partial charge on any atom is -0.480 e. The molecule has 0 bridgehead atoms. The van der Waals surface area contributed by atoms with E-state index >= 15 is 0 Å². The second-order valence-electron chi connectivity index (χ2n) is 4.19. The minimum atomic E-state index is -1.03. The van der Waals surface area contributed by atoms with Crippen LogP contribution in [-0.4, -0.2) is 58.1 Å². The summed E-state index contributed by atoms with van der Waals surface area (Å²) in [5.41, 5.74) is 0.806. The fraction of sp³-hybridized carbons (Fsp3) is 0.417. The fourth-order valence-corrected chi connectivity index (χ4v) is 2.68. The maximum atomic E-state index is 12.2. The molecule has 7 nitrogen and oxygen atoms in total. The number of carboxylic acid groups (broad SMARTS) is 1. The van der Waals surface area contributed by atoms with E-state index in [9.17, 15) is 9.59 Å². The number of hydrogen-bond donors (Lipinski definition) is 1. The van der Waals surface area contributed by atoms with Crippen LogP contribution in [0.2, 0.25) is 0 Å². The van der Waals surface area contributed by atoms with Crippen molar-refractivity contribution in [1.29, 1.82) is 0 Å². The van der Waals surface area contributed by atoms with Gasteiger partial charge in [-0.15, -0.1) is 11.3 Å². The number of thiazole rings is 1. The van der Waals surface area contributed by atoms with Crippen LogP contribution in [0.3, 0.4) is 0 Å². The number of aromatic nitrogens is 2. The summed E-state index contributed by atoms with van der Waals surface area (Å²) in [6.07, 6.45) is 3.60. The van der Waals surface area contributed by atoms with E-state index in [1.165, 1.54) is 23.3 Å². The van der Waals surface area contributed by atoms with Crippen LogP contribution in [0.15, 0.2) is 17.8 Å². The number of nitrogens with zero attached hydrogens (tertiary/aromatic N) is 3. The Labute approximate surface area is 119 Å². The molecule has 0 spiro atoms. The summed E-state index contributed by atoms with van der Waals surface area (Å²) >= 11 is 1.45. The molecule has 2 rings (SSSR count). The van der Waals surface area contributed by atoms with Crippen molar-refractivity contribution in [2.45, 2.75) is 6.42 Å². The second-order valence-corrected chi connectivity index (χ2v) is 5.02. The Hall–Kier alpha value is -1.93. The van der Waals surface area contributed by atoms with Gasteiger partial charge in [0.1, 0.15) is 6.54 Å². The van der Waals surface area contributed by atoms with Crippen molar-refractivity contribution >= 4 is 28.2 Å². The zero-order valence-corrected chi connectivity index (χ0v) is 11.8. The van der Waals surface area contributed by atoms with Crippen molar-refractivity contribution in [3.8, 4) is 0 Å². The van der Waals surface area contributed by atoms with Gasteiger partial charge in [0.2, 0.25) is 5.91 Å². The van der Waals surface area contributed by atoms with E-state index < -0.39 is 5.97 Å². The van der Waals surface area contributed by atoms with Gasteiger partial charge in [-0.25, -0.2) is 4.98 Å². The zero-order chi connectivity index (χ0) is 14.5. The normalized spacial score (nSPS) is 10.8. The maximum absolute atomic E-state index is 12.2. The average molecular weight is 297 g/mol. The van der Waals surface area contributed by atoms with Crippen LogP contribution >= 0.6 is 11.3 Å². The fourth-order valence-electron chi connectivity index (χ4n) is 1.82. The Morgan fingerprint density at radius 3 is 3.05 bits per heavy atom. The van der Waals surface area contributed by atoms with Gasteiger partial charge in [-0.1, -0.05) is 0 Å². The summed E-state index contributed by atoms with van der Waals surface area (Å²) in [4.78, 5) is 29.2. The highest BCUT2D eigenvalue weighted by molar-refractivity contribution is 7.15. The van der Waals surface area contributed by atoms with E-state index in [1.807, 2.05) is 9.78 Å². The Balaban J connectivity index is 2.07. The first kappa shape index (κ1) is 14.5. The van der Waals surface area contributed by atoms with Gasteiger partial charge in [0.15, 0.2) is 4.96 Å². The second kappa shape index (κ2) is 6.49. The summed E-state index contributed by atoms with van der Waals surface area (Å²) in [7, 11) is 1.51. The number of ether oxygens (including phenoxy) is 1. The number of carbonyl (C=O) groups is 2. The first-order valence-corrected chi connectivity index (χ1v) is 6.87. The van der Waals surface area contributed by atoms with Gasteiger partial charge in [0.25, 0.3) is 0 Å². The average Bonchev–Trinajstić information content (AvgIpc) is 2.99. The SMILES string of the molecule is COCCN(CC(=O)O)C(=O)Cc1csc2nccn12. The molecule has 20 heavy (non-hydrogen) atoms. The molecule has 8 heteroatoms. The van der Waals surface area contributed by atoms with Gasteiger partial charge in [-0.05, 0) is 0 Å². The summed E-state index contributed by atoms with van der Waals surface area (Å²) in [6, 6.07) is 0. The van der Waals surface area contributed by atoms with E-state index in [0.29, 0.717) is 6.61 Å². The van der Waals surface area contributed by atoms with Crippen molar-refractivity contribution in [3.63, 3.8) is 0 Å². The molecule has 0 aliphatic rings. The molecule has 0 radical (unpaired) electrons. The van der Waals surface area contributed by atoms with Gasteiger partial charge in [0.05, 0.1) is 13.0 Å². The summed E-state index contributed by atoms with van der Waals surface area (Å²) in [5, 5.41) is 10.7. The standard InChI is InChI=1S/C12H15N3O4S/c1-19-5-4-14(7-11(17)18)10(16)6-9-8-20-12-13-2-3-15(9)12/h2-3,8H,4-7H2,1H3,(H,17,18). The van der Waals surface area contributed by atoms with E-state index in [2.05, 4.69) is 4.98 Å². The van der Waals surface area contributed by atoms with E-state index in [0.717, 1.165) is 10.7 Å². The lowest BCUT2D eigenvalue weighted by atomic mass is 10.3. The van der Waals surface area contributed by atoms with E-state index in [1.54, 1.807) is 12.4 Å². The molecule has 0 fully saturated rings. The molecule has 0 saturated heterocycles. The van der Waals surface area contributed by atoms with Gasteiger partial charge in [-0.2, -0.15) is 0 Å². The predicted octanol–water partition coefficient (Wildman–Crippen LogP) is 0.498. The molecule has 0 aliphatic carbocycles. The van der Waals surface area contributed by atoms with Crippen molar-refractivity contribution < 1.29 is 19.4 Å². The molecule has 108 valence electrons. The van der Waals surface area contributed by atoms with Crippen LogP contribution in [0, 0.1) is 0 Å². The molecule has 1 amide bonds. The lowest BCUT2D eigenvalue weighted by Gasteiger charge is -2.20. The topological polar surface area (TPSA) is 84.1 Å². The zero-order valence-electron chi connectivity index (χ0n) is 11.0. The minimum absolute atomic E-state index is 0.146. The van der Waals surface area contributed by atoms with Crippen LogP contribution in [0.5, 0.6) is 0 Å². The number of rotatable bonds is 7.